The Bertz CT molecular complexity index is 659. The van der Waals surface area contributed by atoms with Gasteiger partial charge in [-0.05, 0) is 17.5 Å². The SMILES string of the molecule is Nc1nc(Cl)c2ccn(Cc3cccs3)c2n1. The lowest BCUT2D eigenvalue weighted by Crippen LogP contribution is -2.01. The zero-order valence-electron chi connectivity index (χ0n) is 8.80. The lowest BCUT2D eigenvalue weighted by molar-refractivity contribution is 0.838. The lowest BCUT2D eigenvalue weighted by Gasteiger charge is -2.03. The molecule has 2 N–H and O–H groups in total. The van der Waals surface area contributed by atoms with E-state index < -0.39 is 0 Å². The molecule has 0 fully saturated rings. The highest BCUT2D eigenvalue weighted by molar-refractivity contribution is 7.09. The van der Waals surface area contributed by atoms with E-state index in [1.807, 2.05) is 22.9 Å². The molecule has 0 aliphatic carbocycles. The van der Waals surface area contributed by atoms with Crippen molar-refractivity contribution in [2.45, 2.75) is 6.54 Å². The third kappa shape index (κ3) is 1.87. The number of hydrogen-bond acceptors (Lipinski definition) is 4. The number of anilines is 1. The molecular formula is C11H9ClN4S. The molecule has 3 aromatic rings. The highest BCUT2D eigenvalue weighted by atomic mass is 35.5. The van der Waals surface area contributed by atoms with Gasteiger partial charge in [-0.25, -0.2) is 4.98 Å². The summed E-state index contributed by atoms with van der Waals surface area (Å²) in [7, 11) is 0. The van der Waals surface area contributed by atoms with Crippen LogP contribution in [0.2, 0.25) is 5.15 Å². The summed E-state index contributed by atoms with van der Waals surface area (Å²) in [6.07, 6.45) is 1.95. The molecule has 17 heavy (non-hydrogen) atoms. The summed E-state index contributed by atoms with van der Waals surface area (Å²) in [5.74, 6) is 0.202. The maximum Gasteiger partial charge on any atom is 0.223 e. The van der Waals surface area contributed by atoms with Crippen molar-refractivity contribution in [1.82, 2.24) is 14.5 Å². The zero-order chi connectivity index (χ0) is 11.8. The number of rotatable bonds is 2. The summed E-state index contributed by atoms with van der Waals surface area (Å²) in [6.45, 7) is 0.772. The summed E-state index contributed by atoms with van der Waals surface area (Å²) in [4.78, 5) is 9.42. The van der Waals surface area contributed by atoms with Crippen LogP contribution in [0.1, 0.15) is 4.88 Å². The van der Waals surface area contributed by atoms with Gasteiger partial charge < -0.3 is 10.3 Å². The number of aromatic nitrogens is 3. The topological polar surface area (TPSA) is 56.7 Å². The number of thiophene rings is 1. The molecule has 0 spiro atoms. The van der Waals surface area contributed by atoms with E-state index >= 15 is 0 Å². The monoisotopic (exact) mass is 264 g/mol. The molecule has 3 heterocycles. The van der Waals surface area contributed by atoms with Crippen molar-refractivity contribution >= 4 is 39.9 Å². The molecule has 0 aromatic carbocycles. The minimum absolute atomic E-state index is 0.202. The largest absolute Gasteiger partial charge is 0.368 e. The fourth-order valence-electron chi connectivity index (χ4n) is 1.74. The molecule has 0 saturated carbocycles. The molecule has 0 bridgehead atoms. The van der Waals surface area contributed by atoms with Crippen LogP contribution in [0.4, 0.5) is 5.95 Å². The van der Waals surface area contributed by atoms with Crippen LogP contribution >= 0.6 is 22.9 Å². The molecule has 0 aliphatic heterocycles. The molecular weight excluding hydrogens is 256 g/mol. The van der Waals surface area contributed by atoms with Crippen molar-refractivity contribution in [3.8, 4) is 0 Å². The molecule has 0 unspecified atom stereocenters. The Balaban J connectivity index is 2.11. The number of hydrogen-bond donors (Lipinski definition) is 1. The van der Waals surface area contributed by atoms with Crippen LogP contribution in [0, 0.1) is 0 Å². The summed E-state index contributed by atoms with van der Waals surface area (Å²) in [6, 6.07) is 6.02. The highest BCUT2D eigenvalue weighted by Gasteiger charge is 2.09. The molecule has 3 aromatic heterocycles. The van der Waals surface area contributed by atoms with Crippen LogP contribution in [0.3, 0.4) is 0 Å². The molecule has 0 radical (unpaired) electrons. The Hall–Kier alpha value is -1.59. The van der Waals surface area contributed by atoms with E-state index in [2.05, 4.69) is 21.4 Å². The van der Waals surface area contributed by atoms with Gasteiger partial charge in [-0.15, -0.1) is 11.3 Å². The minimum Gasteiger partial charge on any atom is -0.368 e. The van der Waals surface area contributed by atoms with Crippen LogP contribution in [0.5, 0.6) is 0 Å². The van der Waals surface area contributed by atoms with Crippen molar-refractivity contribution in [2.24, 2.45) is 0 Å². The van der Waals surface area contributed by atoms with Crippen LogP contribution in [-0.2, 0) is 6.54 Å². The Kier molecular flexibility index (Phi) is 2.49. The van der Waals surface area contributed by atoms with E-state index in [-0.39, 0.29) is 5.95 Å². The molecule has 86 valence electrons. The fourth-order valence-corrected chi connectivity index (χ4v) is 2.68. The molecule has 0 amide bonds. The first-order chi connectivity index (χ1) is 8.24. The van der Waals surface area contributed by atoms with Crippen molar-refractivity contribution in [1.29, 1.82) is 0 Å². The number of nitrogens with two attached hydrogens (primary N) is 1. The van der Waals surface area contributed by atoms with E-state index in [0.29, 0.717) is 5.15 Å². The van der Waals surface area contributed by atoms with E-state index in [1.54, 1.807) is 11.3 Å². The van der Waals surface area contributed by atoms with Crippen molar-refractivity contribution < 1.29 is 0 Å². The molecule has 0 saturated heterocycles. The van der Waals surface area contributed by atoms with Gasteiger partial charge in [0.05, 0.1) is 11.9 Å². The van der Waals surface area contributed by atoms with Crippen molar-refractivity contribution in [3.63, 3.8) is 0 Å². The van der Waals surface area contributed by atoms with Crippen LogP contribution in [-0.4, -0.2) is 14.5 Å². The van der Waals surface area contributed by atoms with Crippen LogP contribution in [0.15, 0.2) is 29.8 Å². The zero-order valence-corrected chi connectivity index (χ0v) is 10.4. The van der Waals surface area contributed by atoms with Gasteiger partial charge in [0.1, 0.15) is 10.8 Å². The van der Waals surface area contributed by atoms with E-state index in [0.717, 1.165) is 17.6 Å². The maximum atomic E-state index is 6.02. The maximum absolute atomic E-state index is 6.02. The van der Waals surface area contributed by atoms with Gasteiger partial charge in [-0.1, -0.05) is 17.7 Å². The predicted molar refractivity (Wildman–Crippen MR) is 70.4 cm³/mol. The molecule has 3 rings (SSSR count). The average molecular weight is 265 g/mol. The number of nitrogen functional groups attached to an aromatic ring is 1. The summed E-state index contributed by atoms with van der Waals surface area (Å²) in [5.41, 5.74) is 6.38. The Morgan fingerprint density at radius 3 is 3.00 bits per heavy atom. The second-order valence-electron chi connectivity index (χ2n) is 3.63. The van der Waals surface area contributed by atoms with Gasteiger partial charge in [0.25, 0.3) is 0 Å². The van der Waals surface area contributed by atoms with Crippen LogP contribution < -0.4 is 5.73 Å². The smallest absolute Gasteiger partial charge is 0.223 e. The lowest BCUT2D eigenvalue weighted by atomic mass is 10.4. The van der Waals surface area contributed by atoms with Gasteiger partial charge in [0.15, 0.2) is 0 Å². The molecule has 0 aliphatic rings. The molecule has 0 atom stereocenters. The van der Waals surface area contributed by atoms with Crippen molar-refractivity contribution in [2.75, 3.05) is 5.73 Å². The Morgan fingerprint density at radius 2 is 2.24 bits per heavy atom. The first-order valence-corrected chi connectivity index (χ1v) is 6.30. The Labute approximate surface area is 107 Å². The highest BCUT2D eigenvalue weighted by Crippen LogP contribution is 2.23. The second-order valence-corrected chi connectivity index (χ2v) is 5.02. The first-order valence-electron chi connectivity index (χ1n) is 5.04. The van der Waals surface area contributed by atoms with Gasteiger partial charge in [0.2, 0.25) is 5.95 Å². The summed E-state index contributed by atoms with van der Waals surface area (Å²) < 4.78 is 2.02. The van der Waals surface area contributed by atoms with E-state index in [9.17, 15) is 0 Å². The standard InChI is InChI=1S/C11H9ClN4S/c12-9-8-3-4-16(6-7-2-1-5-17-7)10(8)15-11(13)14-9/h1-5H,6H2,(H2,13,14,15). The summed E-state index contributed by atoms with van der Waals surface area (Å²) in [5, 5.41) is 3.28. The third-order valence-corrected chi connectivity index (χ3v) is 3.65. The van der Waals surface area contributed by atoms with Crippen LogP contribution in [0.25, 0.3) is 11.0 Å². The van der Waals surface area contributed by atoms with E-state index in [1.165, 1.54) is 4.88 Å². The normalized spacial score (nSPS) is 11.1. The van der Waals surface area contributed by atoms with Gasteiger partial charge in [-0.3, -0.25) is 0 Å². The van der Waals surface area contributed by atoms with E-state index in [4.69, 9.17) is 17.3 Å². The summed E-state index contributed by atoms with van der Waals surface area (Å²) >= 11 is 7.73. The quantitative estimate of drug-likeness (QED) is 0.724. The Morgan fingerprint density at radius 1 is 1.35 bits per heavy atom. The molecule has 4 nitrogen and oxygen atoms in total. The number of halogens is 1. The number of fused-ring (bicyclic) bond motifs is 1. The average Bonchev–Trinajstić information content (AvgIpc) is 2.89. The minimum atomic E-state index is 0.202. The fraction of sp³-hybridized carbons (Fsp3) is 0.0909. The van der Waals surface area contributed by atoms with Crippen molar-refractivity contribution in [3.05, 3.63) is 39.8 Å². The molecule has 6 heteroatoms. The van der Waals surface area contributed by atoms with Gasteiger partial charge in [0, 0.05) is 11.1 Å². The van der Waals surface area contributed by atoms with Gasteiger partial charge >= 0.3 is 0 Å². The third-order valence-electron chi connectivity index (χ3n) is 2.50. The van der Waals surface area contributed by atoms with Gasteiger partial charge in [-0.2, -0.15) is 4.98 Å². The number of nitrogens with zero attached hydrogens (tertiary/aromatic N) is 3. The second kappa shape index (κ2) is 4.01. The predicted octanol–water partition coefficient (Wildman–Crippen LogP) is 2.78. The first kappa shape index (κ1) is 10.6.